The van der Waals surface area contributed by atoms with Gasteiger partial charge in [0.05, 0.1) is 5.56 Å². The Morgan fingerprint density at radius 3 is 2.58 bits per heavy atom. The molecule has 5 heteroatoms. The van der Waals surface area contributed by atoms with Crippen molar-refractivity contribution in [3.8, 4) is 11.8 Å². The van der Waals surface area contributed by atoms with Gasteiger partial charge in [0.25, 0.3) is 0 Å². The summed E-state index contributed by atoms with van der Waals surface area (Å²) < 4.78 is 10.6. The third kappa shape index (κ3) is 4.80. The van der Waals surface area contributed by atoms with Gasteiger partial charge in [-0.15, -0.1) is 0 Å². The zero-order valence-electron chi connectivity index (χ0n) is 11.4. The van der Waals surface area contributed by atoms with Crippen LogP contribution >= 0.6 is 11.6 Å². The minimum Gasteiger partial charge on any atom is -0.478 e. The van der Waals surface area contributed by atoms with Gasteiger partial charge in [-0.2, -0.15) is 5.26 Å². The number of esters is 1. The third-order valence-corrected chi connectivity index (χ3v) is 2.34. The van der Waals surface area contributed by atoms with E-state index in [2.05, 4.69) is 0 Å². The molecule has 0 amide bonds. The molecule has 1 atom stereocenters. The van der Waals surface area contributed by atoms with Crippen LogP contribution in [0.1, 0.15) is 33.3 Å². The van der Waals surface area contributed by atoms with E-state index in [1.807, 2.05) is 6.07 Å². The summed E-state index contributed by atoms with van der Waals surface area (Å²) in [5, 5.41) is 9.39. The Morgan fingerprint density at radius 1 is 1.42 bits per heavy atom. The van der Waals surface area contributed by atoms with Gasteiger partial charge in [0.1, 0.15) is 17.4 Å². The Balaban J connectivity index is 2.83. The van der Waals surface area contributed by atoms with Gasteiger partial charge in [-0.3, -0.25) is 0 Å². The number of nitriles is 1. The molecule has 0 bridgehead atoms. The fraction of sp³-hybridized carbons (Fsp3) is 0.429. The second-order valence-electron chi connectivity index (χ2n) is 5.05. The van der Waals surface area contributed by atoms with Gasteiger partial charge in [0.15, 0.2) is 6.10 Å². The quantitative estimate of drug-likeness (QED) is 0.798. The van der Waals surface area contributed by atoms with Crippen molar-refractivity contribution >= 4 is 17.6 Å². The van der Waals surface area contributed by atoms with Crippen LogP contribution in [0.15, 0.2) is 18.2 Å². The molecule has 0 N–H and O–H groups in total. The van der Waals surface area contributed by atoms with Crippen molar-refractivity contribution < 1.29 is 14.3 Å². The Bertz CT molecular complexity index is 514. The average Bonchev–Trinajstić information content (AvgIpc) is 2.27. The van der Waals surface area contributed by atoms with Crippen molar-refractivity contribution in [3.05, 3.63) is 28.8 Å². The summed E-state index contributed by atoms with van der Waals surface area (Å²) in [5.41, 5.74) is -0.263. The first-order valence-corrected chi connectivity index (χ1v) is 6.20. The predicted octanol–water partition coefficient (Wildman–Crippen LogP) is 3.32. The maximum atomic E-state index is 11.8. The van der Waals surface area contributed by atoms with Crippen molar-refractivity contribution in [1.82, 2.24) is 0 Å². The van der Waals surface area contributed by atoms with Crippen molar-refractivity contribution in [2.75, 3.05) is 0 Å². The topological polar surface area (TPSA) is 59.3 Å². The second-order valence-corrected chi connectivity index (χ2v) is 5.48. The highest BCUT2D eigenvalue weighted by Crippen LogP contribution is 2.24. The molecule has 0 aliphatic rings. The molecule has 19 heavy (non-hydrogen) atoms. The maximum absolute atomic E-state index is 11.8. The number of carbonyl (C=O) groups is 1. The molecular formula is C14H16ClNO3. The van der Waals surface area contributed by atoms with Gasteiger partial charge in [-0.05, 0) is 39.8 Å². The zero-order chi connectivity index (χ0) is 14.6. The smallest absolute Gasteiger partial charge is 0.347 e. The molecule has 1 aromatic carbocycles. The van der Waals surface area contributed by atoms with Crippen molar-refractivity contribution in [3.63, 3.8) is 0 Å². The largest absolute Gasteiger partial charge is 0.478 e. The number of benzene rings is 1. The van der Waals surface area contributed by atoms with Crippen molar-refractivity contribution in [2.24, 2.45) is 0 Å². The lowest BCUT2D eigenvalue weighted by atomic mass is 10.2. The minimum absolute atomic E-state index is 0.272. The van der Waals surface area contributed by atoms with Gasteiger partial charge in [-0.25, -0.2) is 4.79 Å². The van der Waals surface area contributed by atoms with Gasteiger partial charge >= 0.3 is 5.97 Å². The first-order chi connectivity index (χ1) is 8.73. The normalized spacial score (nSPS) is 12.4. The average molecular weight is 282 g/mol. The molecule has 1 aromatic rings. The Morgan fingerprint density at radius 2 is 2.05 bits per heavy atom. The molecule has 0 aliphatic carbocycles. The summed E-state index contributed by atoms with van der Waals surface area (Å²) in [6.45, 7) is 6.89. The summed E-state index contributed by atoms with van der Waals surface area (Å²) >= 11 is 5.84. The summed E-state index contributed by atoms with van der Waals surface area (Å²) in [4.78, 5) is 11.8. The van der Waals surface area contributed by atoms with E-state index in [1.54, 1.807) is 39.8 Å². The van der Waals surface area contributed by atoms with Crippen molar-refractivity contribution in [1.29, 1.82) is 5.26 Å². The standard InChI is InChI=1S/C14H16ClNO3/c1-9(13(17)19-14(2,3)4)18-12-7-11(15)6-5-10(12)8-16/h5-7,9H,1-4H3. The Kier molecular flexibility index (Phi) is 4.79. The van der Waals surface area contributed by atoms with Crippen molar-refractivity contribution in [2.45, 2.75) is 39.4 Å². The van der Waals surface area contributed by atoms with E-state index in [9.17, 15) is 4.79 Å². The molecule has 0 radical (unpaired) electrons. The van der Waals surface area contributed by atoms with Crippen LogP contribution in [0, 0.1) is 11.3 Å². The van der Waals surface area contributed by atoms with E-state index in [-0.39, 0.29) is 5.75 Å². The summed E-state index contributed by atoms with van der Waals surface area (Å²) in [6, 6.07) is 6.61. The van der Waals surface area contributed by atoms with Crippen LogP contribution in [0.5, 0.6) is 5.75 Å². The number of carbonyl (C=O) groups excluding carboxylic acids is 1. The number of rotatable bonds is 3. The predicted molar refractivity (Wildman–Crippen MR) is 72.1 cm³/mol. The molecule has 4 nitrogen and oxygen atoms in total. The molecule has 0 saturated carbocycles. The lowest BCUT2D eigenvalue weighted by Gasteiger charge is -2.22. The number of nitrogens with zero attached hydrogens (tertiary/aromatic N) is 1. The van der Waals surface area contributed by atoms with E-state index in [0.29, 0.717) is 10.6 Å². The van der Waals surface area contributed by atoms with Gasteiger partial charge < -0.3 is 9.47 Å². The number of ether oxygens (including phenoxy) is 2. The highest BCUT2D eigenvalue weighted by molar-refractivity contribution is 6.30. The fourth-order valence-corrected chi connectivity index (χ4v) is 1.47. The molecule has 102 valence electrons. The minimum atomic E-state index is -0.815. The molecule has 0 fully saturated rings. The Labute approximate surface area is 117 Å². The van der Waals surface area contributed by atoms with Crippen LogP contribution in [-0.2, 0) is 9.53 Å². The van der Waals surface area contributed by atoms with Crippen LogP contribution in [0.2, 0.25) is 5.02 Å². The number of hydrogen-bond acceptors (Lipinski definition) is 4. The molecular weight excluding hydrogens is 266 g/mol. The van der Waals surface area contributed by atoms with E-state index in [4.69, 9.17) is 26.3 Å². The van der Waals surface area contributed by atoms with Gasteiger partial charge in [-0.1, -0.05) is 11.6 Å². The molecule has 0 spiro atoms. The maximum Gasteiger partial charge on any atom is 0.347 e. The number of hydrogen-bond donors (Lipinski definition) is 0. The monoisotopic (exact) mass is 281 g/mol. The highest BCUT2D eigenvalue weighted by atomic mass is 35.5. The van der Waals surface area contributed by atoms with E-state index < -0.39 is 17.7 Å². The summed E-state index contributed by atoms with van der Waals surface area (Å²) in [7, 11) is 0. The van der Waals surface area contributed by atoms with Crippen LogP contribution < -0.4 is 4.74 Å². The van der Waals surface area contributed by atoms with E-state index >= 15 is 0 Å². The van der Waals surface area contributed by atoms with E-state index in [1.165, 1.54) is 6.07 Å². The first-order valence-electron chi connectivity index (χ1n) is 5.82. The van der Waals surface area contributed by atoms with Crippen LogP contribution in [0.3, 0.4) is 0 Å². The Hall–Kier alpha value is -1.73. The van der Waals surface area contributed by atoms with Gasteiger partial charge in [0.2, 0.25) is 0 Å². The molecule has 1 rings (SSSR count). The third-order valence-electron chi connectivity index (χ3n) is 2.11. The van der Waals surface area contributed by atoms with Gasteiger partial charge in [0, 0.05) is 11.1 Å². The van der Waals surface area contributed by atoms with Crippen LogP contribution in [0.4, 0.5) is 0 Å². The molecule has 1 unspecified atom stereocenters. The molecule has 0 saturated heterocycles. The van der Waals surface area contributed by atoms with Crippen LogP contribution in [0.25, 0.3) is 0 Å². The number of halogens is 1. The SMILES string of the molecule is CC(Oc1cc(Cl)ccc1C#N)C(=O)OC(C)(C)C. The molecule has 0 aliphatic heterocycles. The zero-order valence-corrected chi connectivity index (χ0v) is 12.1. The first kappa shape index (κ1) is 15.3. The molecule has 0 aromatic heterocycles. The van der Waals surface area contributed by atoms with Crippen LogP contribution in [-0.4, -0.2) is 17.7 Å². The summed E-state index contributed by atoms with van der Waals surface area (Å²) in [6.07, 6.45) is -0.815. The second kappa shape index (κ2) is 5.94. The van der Waals surface area contributed by atoms with E-state index in [0.717, 1.165) is 0 Å². The lowest BCUT2D eigenvalue weighted by Crippen LogP contribution is -2.33. The highest BCUT2D eigenvalue weighted by Gasteiger charge is 2.23. The lowest BCUT2D eigenvalue weighted by molar-refractivity contribution is -0.162. The fourth-order valence-electron chi connectivity index (χ4n) is 1.31. The molecule has 0 heterocycles. The summed E-state index contributed by atoms with van der Waals surface area (Å²) in [5.74, 6) is -0.218.